The van der Waals surface area contributed by atoms with E-state index in [1.807, 2.05) is 24.5 Å². The highest BCUT2D eigenvalue weighted by Gasteiger charge is 2.19. The maximum atomic E-state index is 5.97. The topological polar surface area (TPSA) is 47.0 Å². The van der Waals surface area contributed by atoms with Gasteiger partial charge in [-0.15, -0.1) is 0 Å². The van der Waals surface area contributed by atoms with Crippen molar-refractivity contribution in [2.75, 3.05) is 0 Å². The molecule has 128 valence electrons. The van der Waals surface area contributed by atoms with Crippen molar-refractivity contribution in [2.24, 2.45) is 0 Å². The number of pyridine rings is 2. The zero-order valence-corrected chi connectivity index (χ0v) is 14.7. The van der Waals surface area contributed by atoms with Gasteiger partial charge in [0.05, 0.1) is 17.5 Å². The van der Waals surface area contributed by atoms with Crippen molar-refractivity contribution in [3.63, 3.8) is 0 Å². The number of hydrogen-bond acceptors (Lipinski definition) is 4. The molecule has 0 spiro atoms. The highest BCUT2D eigenvalue weighted by molar-refractivity contribution is 5.23. The van der Waals surface area contributed by atoms with Gasteiger partial charge in [-0.25, -0.2) is 0 Å². The van der Waals surface area contributed by atoms with Crippen LogP contribution in [-0.2, 0) is 6.54 Å². The maximum absolute atomic E-state index is 5.97. The van der Waals surface area contributed by atoms with Crippen molar-refractivity contribution in [1.29, 1.82) is 0 Å². The van der Waals surface area contributed by atoms with Gasteiger partial charge in [0, 0.05) is 31.0 Å². The molecule has 2 heterocycles. The summed E-state index contributed by atoms with van der Waals surface area (Å²) in [7, 11) is 0. The molecule has 0 bridgehead atoms. The average molecular weight is 325 g/mol. The minimum Gasteiger partial charge on any atom is -0.490 e. The first-order valence-corrected chi connectivity index (χ1v) is 9.02. The Morgan fingerprint density at radius 2 is 2.04 bits per heavy atom. The number of hydrogen-bond donors (Lipinski definition) is 1. The fraction of sp³-hybridized carbons (Fsp3) is 0.500. The van der Waals surface area contributed by atoms with Crippen LogP contribution in [0.2, 0.25) is 0 Å². The summed E-state index contributed by atoms with van der Waals surface area (Å²) in [5, 5.41) is 3.61. The molecule has 4 nitrogen and oxygen atoms in total. The van der Waals surface area contributed by atoms with Gasteiger partial charge in [0.15, 0.2) is 0 Å². The van der Waals surface area contributed by atoms with Crippen molar-refractivity contribution in [2.45, 2.75) is 64.6 Å². The van der Waals surface area contributed by atoms with E-state index in [2.05, 4.69) is 41.3 Å². The van der Waals surface area contributed by atoms with Gasteiger partial charge in [0.2, 0.25) is 0 Å². The normalized spacial score (nSPS) is 15.8. The maximum Gasteiger partial charge on any atom is 0.123 e. The third-order valence-corrected chi connectivity index (χ3v) is 4.54. The smallest absolute Gasteiger partial charge is 0.123 e. The largest absolute Gasteiger partial charge is 0.490 e. The van der Waals surface area contributed by atoms with Gasteiger partial charge >= 0.3 is 0 Å². The van der Waals surface area contributed by atoms with Crippen molar-refractivity contribution in [1.82, 2.24) is 15.3 Å². The van der Waals surface area contributed by atoms with Crippen LogP contribution in [-0.4, -0.2) is 16.1 Å². The van der Waals surface area contributed by atoms with Gasteiger partial charge in [0.25, 0.3) is 0 Å². The molecule has 2 aromatic rings. The van der Waals surface area contributed by atoms with Crippen LogP contribution in [0.4, 0.5) is 0 Å². The Kier molecular flexibility index (Phi) is 5.81. The van der Waals surface area contributed by atoms with Crippen LogP contribution in [0.15, 0.2) is 36.7 Å². The van der Waals surface area contributed by atoms with Gasteiger partial charge in [-0.1, -0.05) is 13.3 Å². The Labute approximate surface area is 144 Å². The van der Waals surface area contributed by atoms with E-state index in [0.717, 1.165) is 36.5 Å². The molecule has 0 radical (unpaired) electrons. The molecule has 0 saturated heterocycles. The third-order valence-electron chi connectivity index (χ3n) is 4.54. The van der Waals surface area contributed by atoms with Gasteiger partial charge in [-0.3, -0.25) is 9.97 Å². The van der Waals surface area contributed by atoms with Crippen LogP contribution in [0.3, 0.4) is 0 Å². The van der Waals surface area contributed by atoms with Crippen LogP contribution in [0.5, 0.6) is 5.75 Å². The van der Waals surface area contributed by atoms with Crippen molar-refractivity contribution >= 4 is 0 Å². The molecule has 1 saturated carbocycles. The number of nitrogens with zero attached hydrogens (tertiary/aromatic N) is 2. The molecule has 1 fully saturated rings. The van der Waals surface area contributed by atoms with Crippen LogP contribution in [0, 0.1) is 6.92 Å². The molecule has 1 aliphatic rings. The molecule has 0 amide bonds. The molecule has 1 aliphatic carbocycles. The molecule has 3 rings (SSSR count). The monoisotopic (exact) mass is 325 g/mol. The predicted octanol–water partition coefficient (Wildman–Crippen LogP) is 4.35. The molecular formula is C20H27N3O. The molecule has 4 heteroatoms. The summed E-state index contributed by atoms with van der Waals surface area (Å²) >= 11 is 0. The van der Waals surface area contributed by atoms with E-state index in [4.69, 9.17) is 4.74 Å². The van der Waals surface area contributed by atoms with Crippen molar-refractivity contribution < 1.29 is 4.74 Å². The number of rotatable bonds is 8. The van der Waals surface area contributed by atoms with Crippen LogP contribution >= 0.6 is 0 Å². The van der Waals surface area contributed by atoms with E-state index in [0.29, 0.717) is 6.10 Å². The van der Waals surface area contributed by atoms with Crippen LogP contribution < -0.4 is 10.1 Å². The van der Waals surface area contributed by atoms with Gasteiger partial charge < -0.3 is 10.1 Å². The number of nitrogens with one attached hydrogen (secondary N) is 1. The first kappa shape index (κ1) is 16.9. The average Bonchev–Trinajstić information content (AvgIpc) is 2.55. The minimum atomic E-state index is 0.257. The second-order valence-corrected chi connectivity index (χ2v) is 6.63. The van der Waals surface area contributed by atoms with Gasteiger partial charge in [-0.05, 0) is 56.4 Å². The summed E-state index contributed by atoms with van der Waals surface area (Å²) in [5.74, 6) is 0.937. The Hall–Kier alpha value is -1.94. The van der Waals surface area contributed by atoms with Crippen molar-refractivity contribution in [3.8, 4) is 5.75 Å². The molecule has 1 unspecified atom stereocenters. The molecule has 1 N–H and O–H groups in total. The Morgan fingerprint density at radius 1 is 1.21 bits per heavy atom. The van der Waals surface area contributed by atoms with Gasteiger partial charge in [-0.2, -0.15) is 0 Å². The summed E-state index contributed by atoms with van der Waals surface area (Å²) in [5.41, 5.74) is 3.37. The van der Waals surface area contributed by atoms with Crippen LogP contribution in [0.25, 0.3) is 0 Å². The minimum absolute atomic E-state index is 0.257. The molecule has 24 heavy (non-hydrogen) atoms. The second-order valence-electron chi connectivity index (χ2n) is 6.63. The quantitative estimate of drug-likeness (QED) is 0.784. The summed E-state index contributed by atoms with van der Waals surface area (Å²) in [6, 6.07) is 8.46. The molecule has 1 atom stereocenters. The molecule has 0 aromatic carbocycles. The van der Waals surface area contributed by atoms with Crippen molar-refractivity contribution in [3.05, 3.63) is 53.6 Å². The predicted molar refractivity (Wildman–Crippen MR) is 96.0 cm³/mol. The molecular weight excluding hydrogens is 298 g/mol. The standard InChI is InChI=1S/C20H27N3O/c1-3-5-19(20-12-15(2)8-10-22-20)23-14-16-13-18(9-11-21-16)24-17-6-4-7-17/h8-13,17,19,23H,3-7,14H2,1-2H3. The summed E-state index contributed by atoms with van der Waals surface area (Å²) in [6.45, 7) is 5.04. The van der Waals surface area contributed by atoms with Crippen LogP contribution in [0.1, 0.15) is 62.0 Å². The van der Waals surface area contributed by atoms with E-state index < -0.39 is 0 Å². The van der Waals surface area contributed by atoms with Gasteiger partial charge in [0.1, 0.15) is 5.75 Å². The third kappa shape index (κ3) is 4.54. The number of aromatic nitrogens is 2. The first-order chi connectivity index (χ1) is 11.7. The van der Waals surface area contributed by atoms with E-state index in [9.17, 15) is 0 Å². The highest BCUT2D eigenvalue weighted by Crippen LogP contribution is 2.25. The van der Waals surface area contributed by atoms with E-state index in [-0.39, 0.29) is 6.04 Å². The fourth-order valence-electron chi connectivity index (χ4n) is 2.93. The summed E-state index contributed by atoms with van der Waals surface area (Å²) in [4.78, 5) is 9.01. The molecule has 0 aliphatic heterocycles. The number of aryl methyl sites for hydroxylation is 1. The lowest BCUT2D eigenvalue weighted by Crippen LogP contribution is -2.25. The SMILES string of the molecule is CCCC(NCc1cc(OC2CCC2)ccn1)c1cc(C)ccn1. The number of ether oxygens (including phenoxy) is 1. The lowest BCUT2D eigenvalue weighted by atomic mass is 9.96. The van der Waals surface area contributed by atoms with E-state index in [1.54, 1.807) is 0 Å². The Balaban J connectivity index is 1.62. The molecule has 2 aromatic heterocycles. The first-order valence-electron chi connectivity index (χ1n) is 9.02. The summed E-state index contributed by atoms with van der Waals surface area (Å²) < 4.78 is 5.97. The van der Waals surface area contributed by atoms with E-state index >= 15 is 0 Å². The Morgan fingerprint density at radius 3 is 2.75 bits per heavy atom. The highest BCUT2D eigenvalue weighted by atomic mass is 16.5. The van der Waals surface area contributed by atoms with E-state index in [1.165, 1.54) is 24.8 Å². The fourth-order valence-corrected chi connectivity index (χ4v) is 2.93. The Bertz CT molecular complexity index is 655. The second kappa shape index (κ2) is 8.25. The summed E-state index contributed by atoms with van der Waals surface area (Å²) in [6.07, 6.45) is 9.94. The zero-order chi connectivity index (χ0) is 16.8. The lowest BCUT2D eigenvalue weighted by molar-refractivity contribution is 0.120. The zero-order valence-electron chi connectivity index (χ0n) is 14.7. The lowest BCUT2D eigenvalue weighted by Gasteiger charge is -2.26.